The summed E-state index contributed by atoms with van der Waals surface area (Å²) in [5.41, 5.74) is -0.926. The highest BCUT2D eigenvalue weighted by Gasteiger charge is 2.39. The molecule has 2 N–H and O–H groups in total. The number of aliphatic carboxylic acids is 1. The minimum atomic E-state index is -5.03. The molecule has 0 aliphatic heterocycles. The standard InChI is InChI=1S/C20H15F6NO3S/c21-19(22,23)13-8-14(20(24,25)26)10-15(9-13)31(30)27-17-5-3-12-7-11(1-4-16(12)17)2-6-18(28)29/h1-2,4,6-10,17,27H,3,5H2,(H,28,29)/b6-2+. The van der Waals surface area contributed by atoms with Gasteiger partial charge in [0.15, 0.2) is 4.90 Å². The summed E-state index contributed by atoms with van der Waals surface area (Å²) in [7, 11) is 0. The molecule has 1 aliphatic carbocycles. The third-order valence-corrected chi connectivity index (χ3v) is 5.85. The molecule has 0 spiro atoms. The summed E-state index contributed by atoms with van der Waals surface area (Å²) in [6, 6.07) is 5.32. The van der Waals surface area contributed by atoms with E-state index in [-0.39, 0.29) is 6.07 Å². The van der Waals surface area contributed by atoms with Gasteiger partial charge >= 0.3 is 18.3 Å². The second kappa shape index (κ2) is 8.56. The second-order valence-electron chi connectivity index (χ2n) is 6.85. The van der Waals surface area contributed by atoms with Crippen molar-refractivity contribution in [1.82, 2.24) is 4.72 Å². The number of rotatable bonds is 5. The minimum Gasteiger partial charge on any atom is -0.593 e. The number of aryl methyl sites for hydroxylation is 1. The van der Waals surface area contributed by atoms with Gasteiger partial charge in [0.25, 0.3) is 0 Å². The highest BCUT2D eigenvalue weighted by molar-refractivity contribution is 7.89. The molecule has 31 heavy (non-hydrogen) atoms. The van der Waals surface area contributed by atoms with E-state index in [1.54, 1.807) is 18.2 Å². The topological polar surface area (TPSA) is 72.4 Å². The summed E-state index contributed by atoms with van der Waals surface area (Å²) in [5, 5.41) is 8.69. The Morgan fingerprint density at radius 3 is 2.23 bits per heavy atom. The van der Waals surface area contributed by atoms with Crippen molar-refractivity contribution in [1.29, 1.82) is 0 Å². The molecule has 0 saturated heterocycles. The molecule has 2 aromatic rings. The Balaban J connectivity index is 1.85. The molecule has 11 heteroatoms. The van der Waals surface area contributed by atoms with Crippen LogP contribution in [0.1, 0.15) is 40.3 Å². The smallest absolute Gasteiger partial charge is 0.416 e. The fraction of sp³-hybridized carbons (Fsp3) is 0.250. The van der Waals surface area contributed by atoms with E-state index < -0.39 is 51.7 Å². The third kappa shape index (κ3) is 5.60. The van der Waals surface area contributed by atoms with Crippen LogP contribution < -0.4 is 4.72 Å². The molecule has 2 atom stereocenters. The lowest BCUT2D eigenvalue weighted by atomic mass is 10.0. The van der Waals surface area contributed by atoms with E-state index in [9.17, 15) is 35.7 Å². The Morgan fingerprint density at radius 1 is 1.06 bits per heavy atom. The number of carboxylic acid groups (broad SMARTS) is 1. The van der Waals surface area contributed by atoms with Crippen LogP contribution in [-0.2, 0) is 34.9 Å². The normalized spacial score (nSPS) is 17.7. The Kier molecular flexibility index (Phi) is 6.40. The van der Waals surface area contributed by atoms with Crippen LogP contribution >= 0.6 is 0 Å². The van der Waals surface area contributed by atoms with E-state index in [1.807, 2.05) is 0 Å². The molecule has 3 rings (SSSR count). The van der Waals surface area contributed by atoms with Crippen LogP contribution in [0, 0.1) is 0 Å². The maximum absolute atomic E-state index is 13.0. The molecule has 0 bridgehead atoms. The Bertz CT molecular complexity index is 987. The van der Waals surface area contributed by atoms with Gasteiger partial charge < -0.3 is 9.66 Å². The lowest BCUT2D eigenvalue weighted by Gasteiger charge is -2.19. The first-order chi connectivity index (χ1) is 14.3. The number of hydrogen-bond donors (Lipinski definition) is 2. The van der Waals surface area contributed by atoms with E-state index in [4.69, 9.17) is 5.11 Å². The maximum Gasteiger partial charge on any atom is 0.416 e. The molecule has 0 aromatic heterocycles. The van der Waals surface area contributed by atoms with Crippen LogP contribution in [0.25, 0.3) is 6.08 Å². The van der Waals surface area contributed by atoms with Crippen LogP contribution in [0.5, 0.6) is 0 Å². The summed E-state index contributed by atoms with van der Waals surface area (Å²) < 4.78 is 93.3. The van der Waals surface area contributed by atoms with Crippen LogP contribution in [0.3, 0.4) is 0 Å². The molecule has 0 fully saturated rings. The average Bonchev–Trinajstić information content (AvgIpc) is 3.06. The van der Waals surface area contributed by atoms with Crippen LogP contribution in [0.2, 0.25) is 0 Å². The summed E-state index contributed by atoms with van der Waals surface area (Å²) in [5.74, 6) is -1.12. The number of benzene rings is 2. The number of carboxylic acids is 1. The number of nitrogens with one attached hydrogen (secondary N) is 1. The highest BCUT2D eigenvalue weighted by Crippen LogP contribution is 2.38. The number of alkyl halides is 6. The van der Waals surface area contributed by atoms with E-state index >= 15 is 0 Å². The van der Waals surface area contributed by atoms with Gasteiger partial charge in [-0.15, -0.1) is 4.72 Å². The van der Waals surface area contributed by atoms with Crippen molar-refractivity contribution < 1.29 is 40.8 Å². The van der Waals surface area contributed by atoms with Crippen molar-refractivity contribution in [3.63, 3.8) is 0 Å². The molecule has 166 valence electrons. The van der Waals surface area contributed by atoms with Crippen molar-refractivity contribution in [3.8, 4) is 0 Å². The molecular weight excluding hydrogens is 448 g/mol. The van der Waals surface area contributed by atoms with Gasteiger partial charge in [0.2, 0.25) is 0 Å². The largest absolute Gasteiger partial charge is 0.593 e. The predicted octanol–water partition coefficient (Wildman–Crippen LogP) is 5.12. The zero-order valence-corrected chi connectivity index (χ0v) is 16.4. The van der Waals surface area contributed by atoms with Gasteiger partial charge in [-0.2, -0.15) is 26.3 Å². The Hall–Kier alpha value is -2.50. The van der Waals surface area contributed by atoms with Crippen LogP contribution in [-0.4, -0.2) is 15.6 Å². The van der Waals surface area contributed by atoms with Gasteiger partial charge in [-0.3, -0.25) is 0 Å². The molecule has 0 saturated carbocycles. The van der Waals surface area contributed by atoms with E-state index in [1.165, 1.54) is 6.08 Å². The van der Waals surface area contributed by atoms with E-state index in [2.05, 4.69) is 4.72 Å². The fourth-order valence-corrected chi connectivity index (χ4v) is 4.37. The predicted molar refractivity (Wildman–Crippen MR) is 100 cm³/mol. The Labute approximate surface area is 175 Å². The molecule has 2 aromatic carbocycles. The fourth-order valence-electron chi connectivity index (χ4n) is 3.26. The first-order valence-electron chi connectivity index (χ1n) is 8.86. The zero-order valence-electron chi connectivity index (χ0n) is 15.6. The maximum atomic E-state index is 13.0. The molecule has 4 nitrogen and oxygen atoms in total. The summed E-state index contributed by atoms with van der Waals surface area (Å²) in [4.78, 5) is 9.99. The number of hydrogen-bond acceptors (Lipinski definition) is 3. The monoisotopic (exact) mass is 463 g/mol. The third-order valence-electron chi connectivity index (χ3n) is 4.69. The summed E-state index contributed by atoms with van der Waals surface area (Å²) in [6.07, 6.45) is -6.75. The minimum absolute atomic E-state index is 0.0161. The van der Waals surface area contributed by atoms with Crippen molar-refractivity contribution in [2.24, 2.45) is 0 Å². The first-order valence-corrected chi connectivity index (χ1v) is 10.0. The highest BCUT2D eigenvalue weighted by atomic mass is 32.2. The quantitative estimate of drug-likeness (QED) is 0.367. The average molecular weight is 463 g/mol. The van der Waals surface area contributed by atoms with Crippen LogP contribution in [0.4, 0.5) is 26.3 Å². The lowest BCUT2D eigenvalue weighted by molar-refractivity contribution is -0.143. The molecule has 2 unspecified atom stereocenters. The van der Waals surface area contributed by atoms with Crippen molar-refractivity contribution in [2.75, 3.05) is 0 Å². The lowest BCUT2D eigenvalue weighted by Crippen LogP contribution is -2.28. The van der Waals surface area contributed by atoms with Gasteiger partial charge in [0.05, 0.1) is 28.5 Å². The number of fused-ring (bicyclic) bond motifs is 1. The van der Waals surface area contributed by atoms with Crippen LogP contribution in [0.15, 0.2) is 47.4 Å². The van der Waals surface area contributed by atoms with Crippen molar-refractivity contribution >= 4 is 23.4 Å². The molecular formula is C20H15F6NO3S. The van der Waals surface area contributed by atoms with Gasteiger partial charge in [-0.1, -0.05) is 18.2 Å². The van der Waals surface area contributed by atoms with Gasteiger partial charge in [-0.05, 0) is 41.7 Å². The van der Waals surface area contributed by atoms with Crippen molar-refractivity contribution in [2.45, 2.75) is 36.1 Å². The molecule has 0 radical (unpaired) electrons. The second-order valence-corrected chi connectivity index (χ2v) is 8.09. The number of carbonyl (C=O) groups is 1. The van der Waals surface area contributed by atoms with Gasteiger partial charge in [-0.25, -0.2) is 4.79 Å². The zero-order chi connectivity index (χ0) is 23.0. The number of halogens is 6. The van der Waals surface area contributed by atoms with E-state index in [0.29, 0.717) is 36.1 Å². The van der Waals surface area contributed by atoms with E-state index in [0.717, 1.165) is 11.6 Å². The van der Waals surface area contributed by atoms with Crippen molar-refractivity contribution in [3.05, 3.63) is 70.3 Å². The SMILES string of the molecule is O=C(O)/C=C/c1ccc2c(c1)CCC2N[S+]([O-])c1cc(C(F)(F)F)cc(C(F)(F)F)c1. The first kappa shape index (κ1) is 23.2. The summed E-state index contributed by atoms with van der Waals surface area (Å²) in [6.45, 7) is 0. The van der Waals surface area contributed by atoms with Gasteiger partial charge in [0.1, 0.15) is 0 Å². The summed E-state index contributed by atoms with van der Waals surface area (Å²) >= 11 is -2.33. The Morgan fingerprint density at radius 2 is 1.68 bits per heavy atom. The van der Waals surface area contributed by atoms with Gasteiger partial charge in [0, 0.05) is 18.2 Å². The molecule has 1 aliphatic rings. The molecule has 0 amide bonds. The molecule has 0 heterocycles.